The predicted octanol–water partition coefficient (Wildman–Crippen LogP) is 3.57. The van der Waals surface area contributed by atoms with Gasteiger partial charge in [0.05, 0.1) is 15.9 Å². The topological polar surface area (TPSA) is 65.1 Å². The molecule has 0 spiro atoms. The molecule has 3 heterocycles. The van der Waals surface area contributed by atoms with Gasteiger partial charge in [-0.1, -0.05) is 11.6 Å². The first-order valence-electron chi connectivity index (χ1n) is 10.4. The van der Waals surface area contributed by atoms with Crippen LogP contribution in [0.5, 0.6) is 0 Å². The van der Waals surface area contributed by atoms with Crippen molar-refractivity contribution in [3.8, 4) is 0 Å². The molecule has 0 radical (unpaired) electrons. The molecule has 0 amide bonds. The molecule has 1 saturated heterocycles. The highest BCUT2D eigenvalue weighted by Crippen LogP contribution is 2.36. The third-order valence-corrected chi connectivity index (χ3v) is 6.57. The average Bonchev–Trinajstić information content (AvgIpc) is 3.25. The van der Waals surface area contributed by atoms with E-state index in [-0.39, 0.29) is 11.5 Å². The molecule has 1 N–H and O–H groups in total. The number of halogens is 2. The molecule has 156 valence electrons. The first kappa shape index (κ1) is 19.5. The van der Waals surface area contributed by atoms with Gasteiger partial charge < -0.3 is 9.88 Å². The SMILES string of the molecule is O=c1[nH]c(C2CC[C@@H](N3CCN(c4ccc(Cl)cn4)CC3)C2)nc2ccc(F)cc12. The molecular formula is C22H23ClFN5O. The number of H-pyrrole nitrogens is 1. The number of anilines is 1. The van der Waals surface area contributed by atoms with Crippen molar-refractivity contribution in [1.82, 2.24) is 19.9 Å². The van der Waals surface area contributed by atoms with Crippen molar-refractivity contribution in [2.45, 2.75) is 31.2 Å². The Morgan fingerprint density at radius 2 is 1.93 bits per heavy atom. The highest BCUT2D eigenvalue weighted by Gasteiger charge is 2.33. The van der Waals surface area contributed by atoms with Gasteiger partial charge in [-0.25, -0.2) is 14.4 Å². The van der Waals surface area contributed by atoms with Gasteiger partial charge in [0.15, 0.2) is 0 Å². The lowest BCUT2D eigenvalue weighted by molar-refractivity contribution is 0.185. The summed E-state index contributed by atoms with van der Waals surface area (Å²) < 4.78 is 13.4. The Morgan fingerprint density at radius 1 is 1.10 bits per heavy atom. The second-order valence-electron chi connectivity index (χ2n) is 8.13. The minimum absolute atomic E-state index is 0.230. The van der Waals surface area contributed by atoms with Gasteiger partial charge in [0.1, 0.15) is 17.5 Å². The number of benzene rings is 1. The maximum absolute atomic E-state index is 13.4. The second-order valence-corrected chi connectivity index (χ2v) is 8.57. The third-order valence-electron chi connectivity index (χ3n) is 6.34. The first-order valence-corrected chi connectivity index (χ1v) is 10.7. The van der Waals surface area contributed by atoms with Gasteiger partial charge in [-0.05, 0) is 49.6 Å². The Labute approximate surface area is 178 Å². The van der Waals surface area contributed by atoms with Gasteiger partial charge >= 0.3 is 0 Å². The van der Waals surface area contributed by atoms with Crippen LogP contribution in [0.25, 0.3) is 10.9 Å². The molecule has 5 rings (SSSR count). The normalized spacial score (nSPS) is 22.7. The van der Waals surface area contributed by atoms with Gasteiger partial charge in [-0.3, -0.25) is 9.69 Å². The molecule has 1 aromatic carbocycles. The minimum Gasteiger partial charge on any atom is -0.354 e. The van der Waals surface area contributed by atoms with Crippen molar-refractivity contribution in [3.05, 3.63) is 63.5 Å². The first-order chi connectivity index (χ1) is 14.6. The maximum Gasteiger partial charge on any atom is 0.258 e. The van der Waals surface area contributed by atoms with Crippen LogP contribution in [0.1, 0.15) is 31.0 Å². The van der Waals surface area contributed by atoms with Crippen molar-refractivity contribution in [2.75, 3.05) is 31.1 Å². The summed E-state index contributed by atoms with van der Waals surface area (Å²) in [6, 6.07) is 8.52. The number of hydrogen-bond donors (Lipinski definition) is 1. The van der Waals surface area contributed by atoms with Crippen LogP contribution < -0.4 is 10.5 Å². The highest BCUT2D eigenvalue weighted by atomic mass is 35.5. The van der Waals surface area contributed by atoms with Crippen LogP contribution in [0.15, 0.2) is 41.3 Å². The standard InChI is InChI=1S/C22H23ClFN5O/c23-15-2-6-20(25-13-15)29-9-7-28(8-10-29)17-4-1-14(11-17)21-26-19-5-3-16(24)12-18(19)22(30)27-21/h2-3,5-6,12-14,17H,1,4,7-11H2,(H,26,27,30)/t14?,17-/m1/s1. The van der Waals surface area contributed by atoms with Crippen LogP contribution in [-0.4, -0.2) is 52.1 Å². The van der Waals surface area contributed by atoms with E-state index in [1.54, 1.807) is 12.3 Å². The number of aromatic amines is 1. The summed E-state index contributed by atoms with van der Waals surface area (Å²) >= 11 is 5.94. The molecule has 0 bridgehead atoms. The smallest absolute Gasteiger partial charge is 0.258 e. The van der Waals surface area contributed by atoms with E-state index in [1.807, 2.05) is 12.1 Å². The molecule has 6 nitrogen and oxygen atoms in total. The number of aromatic nitrogens is 3. The molecule has 8 heteroatoms. The quantitative estimate of drug-likeness (QED) is 0.692. The molecule has 1 aliphatic heterocycles. The van der Waals surface area contributed by atoms with Crippen molar-refractivity contribution in [1.29, 1.82) is 0 Å². The molecule has 2 atom stereocenters. The molecule has 1 aliphatic carbocycles. The van der Waals surface area contributed by atoms with Crippen molar-refractivity contribution in [3.63, 3.8) is 0 Å². The van der Waals surface area contributed by atoms with E-state index >= 15 is 0 Å². The summed E-state index contributed by atoms with van der Waals surface area (Å²) in [5.41, 5.74) is 0.296. The van der Waals surface area contributed by atoms with E-state index in [2.05, 4.69) is 24.8 Å². The Kier molecular flexibility index (Phi) is 5.16. The number of rotatable bonds is 3. The Morgan fingerprint density at radius 3 is 2.70 bits per heavy atom. The number of nitrogens with one attached hydrogen (secondary N) is 1. The van der Waals surface area contributed by atoms with Crippen LogP contribution in [0, 0.1) is 5.82 Å². The van der Waals surface area contributed by atoms with E-state index in [9.17, 15) is 9.18 Å². The van der Waals surface area contributed by atoms with Gasteiger partial charge in [-0.2, -0.15) is 0 Å². The Balaban J connectivity index is 1.24. The predicted molar refractivity (Wildman–Crippen MR) is 116 cm³/mol. The van der Waals surface area contributed by atoms with Crippen molar-refractivity contribution < 1.29 is 4.39 Å². The average molecular weight is 428 g/mol. The Bertz CT molecular complexity index is 1110. The zero-order valence-corrected chi connectivity index (χ0v) is 17.3. The lowest BCUT2D eigenvalue weighted by Gasteiger charge is -2.38. The highest BCUT2D eigenvalue weighted by molar-refractivity contribution is 6.30. The molecular weight excluding hydrogens is 405 g/mol. The molecule has 30 heavy (non-hydrogen) atoms. The fourth-order valence-corrected chi connectivity index (χ4v) is 4.84. The van der Waals surface area contributed by atoms with Gasteiger partial charge in [0, 0.05) is 44.3 Å². The van der Waals surface area contributed by atoms with Crippen LogP contribution >= 0.6 is 11.6 Å². The maximum atomic E-state index is 13.4. The fourth-order valence-electron chi connectivity index (χ4n) is 4.73. The Hall–Kier alpha value is -2.51. The fraction of sp³-hybridized carbons (Fsp3) is 0.409. The van der Waals surface area contributed by atoms with Crippen molar-refractivity contribution in [2.24, 2.45) is 0 Å². The van der Waals surface area contributed by atoms with E-state index < -0.39 is 5.82 Å². The van der Waals surface area contributed by atoms with E-state index in [0.29, 0.717) is 22.0 Å². The van der Waals surface area contributed by atoms with Crippen LogP contribution in [0.3, 0.4) is 0 Å². The summed E-state index contributed by atoms with van der Waals surface area (Å²) in [7, 11) is 0. The van der Waals surface area contributed by atoms with E-state index in [4.69, 9.17) is 11.6 Å². The monoisotopic (exact) mass is 427 g/mol. The molecule has 3 aromatic rings. The summed E-state index contributed by atoms with van der Waals surface area (Å²) in [6.07, 6.45) is 4.76. The van der Waals surface area contributed by atoms with Crippen LogP contribution in [-0.2, 0) is 0 Å². The lowest BCUT2D eigenvalue weighted by atomic mass is 10.1. The number of nitrogens with zero attached hydrogens (tertiary/aromatic N) is 4. The lowest BCUT2D eigenvalue weighted by Crippen LogP contribution is -2.50. The minimum atomic E-state index is -0.420. The molecule has 2 aromatic heterocycles. The van der Waals surface area contributed by atoms with E-state index in [1.165, 1.54) is 12.1 Å². The largest absolute Gasteiger partial charge is 0.354 e. The molecule has 2 aliphatic rings. The zero-order chi connectivity index (χ0) is 20.7. The summed E-state index contributed by atoms with van der Waals surface area (Å²) in [4.78, 5) is 29.2. The van der Waals surface area contributed by atoms with E-state index in [0.717, 1.165) is 57.1 Å². The second kappa shape index (κ2) is 7.96. The molecule has 1 saturated carbocycles. The molecule has 2 fully saturated rings. The number of piperazine rings is 1. The summed E-state index contributed by atoms with van der Waals surface area (Å²) in [5, 5.41) is 0.958. The van der Waals surface area contributed by atoms with Crippen LogP contribution in [0.4, 0.5) is 10.2 Å². The van der Waals surface area contributed by atoms with Gasteiger partial charge in [0.25, 0.3) is 5.56 Å². The summed E-state index contributed by atoms with van der Waals surface area (Å²) in [6.45, 7) is 3.85. The number of fused-ring (bicyclic) bond motifs is 1. The van der Waals surface area contributed by atoms with Gasteiger partial charge in [-0.15, -0.1) is 0 Å². The van der Waals surface area contributed by atoms with Crippen LogP contribution in [0.2, 0.25) is 5.02 Å². The number of hydrogen-bond acceptors (Lipinski definition) is 5. The zero-order valence-electron chi connectivity index (χ0n) is 16.5. The number of pyridine rings is 1. The third kappa shape index (κ3) is 3.79. The summed E-state index contributed by atoms with van der Waals surface area (Å²) in [5.74, 6) is 1.51. The molecule has 1 unspecified atom stereocenters. The van der Waals surface area contributed by atoms with Gasteiger partial charge in [0.2, 0.25) is 0 Å². The van der Waals surface area contributed by atoms with Crippen molar-refractivity contribution >= 4 is 28.3 Å².